The highest BCUT2D eigenvalue weighted by atomic mass is 16.7. The van der Waals surface area contributed by atoms with Gasteiger partial charge in [-0.25, -0.2) is 10.5 Å². The second-order valence-electron chi connectivity index (χ2n) is 18.3. The third-order valence-corrected chi connectivity index (χ3v) is 12.4. The van der Waals surface area contributed by atoms with Crippen molar-refractivity contribution in [1.82, 2.24) is 35.9 Å². The molecule has 63 heavy (non-hydrogen) atoms. The van der Waals surface area contributed by atoms with Crippen LogP contribution in [-0.4, -0.2) is 172 Å². The molecule has 3 aliphatic rings. The van der Waals surface area contributed by atoms with E-state index in [-0.39, 0.29) is 36.8 Å². The van der Waals surface area contributed by atoms with Crippen LogP contribution in [0.2, 0.25) is 0 Å². The van der Waals surface area contributed by atoms with Crippen molar-refractivity contribution in [2.45, 2.75) is 142 Å². The second kappa shape index (κ2) is 23.1. The number of rotatable bonds is 12. The number of hydroxylamine groups is 2. The number of allylic oxidation sites excluding steroid dienone is 1. The molecule has 0 aromatic heterocycles. The van der Waals surface area contributed by atoms with E-state index in [1.807, 2.05) is 13.0 Å². The predicted molar refractivity (Wildman–Crippen MR) is 228 cm³/mol. The summed E-state index contributed by atoms with van der Waals surface area (Å²) in [5, 5.41) is 40.9. The van der Waals surface area contributed by atoms with Gasteiger partial charge in [0.25, 0.3) is 17.7 Å². The highest BCUT2D eigenvalue weighted by molar-refractivity contribution is 5.96. The summed E-state index contributed by atoms with van der Waals surface area (Å²) >= 11 is 0. The van der Waals surface area contributed by atoms with Crippen molar-refractivity contribution in [3.63, 3.8) is 0 Å². The molecule has 0 radical (unpaired) electrons. The Morgan fingerprint density at radius 3 is 2.25 bits per heavy atom. The number of likely N-dealkylation sites (N-methyl/N-ethyl adjacent to an activating group) is 2. The maximum absolute atomic E-state index is 14.8. The number of cyclic esters (lactones) is 1. The number of hydrogen-bond donors (Lipinski definition) is 6. The Hall–Kier alpha value is -4.21. The third-order valence-electron chi connectivity index (χ3n) is 12.4. The summed E-state index contributed by atoms with van der Waals surface area (Å²) in [7, 11) is 4.03. The molecule has 3 rings (SSSR count). The van der Waals surface area contributed by atoms with Gasteiger partial charge in [-0.1, -0.05) is 54.0 Å². The number of esters is 1. The third kappa shape index (κ3) is 13.9. The predicted octanol–water partition coefficient (Wildman–Crippen LogP) is 0.477. The first-order valence-corrected chi connectivity index (χ1v) is 22.0. The van der Waals surface area contributed by atoms with Gasteiger partial charge < -0.3 is 44.9 Å². The lowest BCUT2D eigenvalue weighted by molar-refractivity contribution is -0.328. The SMILES string of the molecule is CCC(C)CC(C)CC(C)/C=C(\C)C1OC(O)(C(C)(O)C(=O)NC2C(=O)N3NCCC[C@H]3C(=O)N(O)CC(=O)N(C)CC(=O)NCC(=O)N(C)CC(=O)OC2C(C)C)CCC1OC. The van der Waals surface area contributed by atoms with Gasteiger partial charge in [0.15, 0.2) is 5.60 Å². The van der Waals surface area contributed by atoms with E-state index in [4.69, 9.17) is 14.2 Å². The van der Waals surface area contributed by atoms with Crippen molar-refractivity contribution in [3.05, 3.63) is 11.6 Å². The largest absolute Gasteiger partial charge is 0.458 e. The molecule has 0 aromatic rings. The average molecular weight is 896 g/mol. The molecule has 0 aliphatic carbocycles. The number of ether oxygens (including phenoxy) is 3. The maximum atomic E-state index is 14.8. The summed E-state index contributed by atoms with van der Waals surface area (Å²) < 4.78 is 17.8. The Balaban J connectivity index is 2.04. The number of amides is 6. The molecule has 6 amide bonds. The first kappa shape index (κ1) is 53.1. The van der Waals surface area contributed by atoms with Crippen LogP contribution < -0.4 is 16.1 Å². The van der Waals surface area contributed by atoms with E-state index in [1.54, 1.807) is 13.8 Å². The lowest BCUT2D eigenvalue weighted by Gasteiger charge is -2.48. The summed E-state index contributed by atoms with van der Waals surface area (Å²) in [6, 6.07) is -3.30. The fourth-order valence-electron chi connectivity index (χ4n) is 8.34. The Labute approximate surface area is 371 Å². The van der Waals surface area contributed by atoms with Crippen molar-refractivity contribution >= 4 is 41.4 Å². The summed E-state index contributed by atoms with van der Waals surface area (Å²) in [6.45, 7) is 12.3. The summed E-state index contributed by atoms with van der Waals surface area (Å²) in [5.41, 5.74) is 0.787. The van der Waals surface area contributed by atoms with Crippen molar-refractivity contribution in [1.29, 1.82) is 0 Å². The fourth-order valence-corrected chi connectivity index (χ4v) is 8.34. The molecule has 9 unspecified atom stereocenters. The van der Waals surface area contributed by atoms with E-state index in [9.17, 15) is 49.0 Å². The van der Waals surface area contributed by atoms with Crippen molar-refractivity contribution in [2.24, 2.45) is 23.7 Å². The van der Waals surface area contributed by atoms with Gasteiger partial charge in [-0.3, -0.25) is 43.8 Å². The topological polar surface area (TPSA) is 257 Å². The number of carbonyl (C=O) groups excluding carboxylic acids is 7. The number of hydrazine groups is 1. The molecule has 10 atom stereocenters. The van der Waals surface area contributed by atoms with Crippen LogP contribution in [0.3, 0.4) is 0 Å². The number of carbonyl (C=O) groups is 7. The van der Waals surface area contributed by atoms with Crippen LogP contribution >= 0.6 is 0 Å². The first-order valence-electron chi connectivity index (χ1n) is 22.0. The van der Waals surface area contributed by atoms with Crippen LogP contribution in [0, 0.1) is 23.7 Å². The molecule has 3 saturated heterocycles. The highest BCUT2D eigenvalue weighted by Crippen LogP contribution is 2.39. The van der Waals surface area contributed by atoms with Gasteiger partial charge in [-0.05, 0) is 75.2 Å². The van der Waals surface area contributed by atoms with Crippen molar-refractivity contribution < 1.29 is 63.2 Å². The van der Waals surface area contributed by atoms with Gasteiger partial charge >= 0.3 is 5.97 Å². The van der Waals surface area contributed by atoms with E-state index in [2.05, 4.69) is 43.8 Å². The molecular formula is C43H73N7O13. The summed E-state index contributed by atoms with van der Waals surface area (Å²) in [6.07, 6.45) is 2.43. The quantitative estimate of drug-likeness (QED) is 0.0886. The number of methoxy groups -OCH3 is 1. The molecule has 358 valence electrons. The van der Waals surface area contributed by atoms with Gasteiger partial charge in [0.05, 0.1) is 19.2 Å². The second-order valence-corrected chi connectivity index (χ2v) is 18.3. The maximum Gasteiger partial charge on any atom is 0.325 e. The fraction of sp³-hybridized carbons (Fsp3) is 0.791. The Morgan fingerprint density at radius 2 is 1.63 bits per heavy atom. The van der Waals surface area contributed by atoms with Gasteiger partial charge in [-0.15, -0.1) is 0 Å². The van der Waals surface area contributed by atoms with Crippen LogP contribution in [0.15, 0.2) is 11.6 Å². The zero-order chi connectivity index (χ0) is 47.6. The van der Waals surface area contributed by atoms with Crippen molar-refractivity contribution in [2.75, 3.05) is 53.9 Å². The van der Waals surface area contributed by atoms with E-state index >= 15 is 0 Å². The molecule has 3 aliphatic heterocycles. The van der Waals surface area contributed by atoms with Crippen LogP contribution in [0.4, 0.5) is 0 Å². The van der Waals surface area contributed by atoms with E-state index in [1.165, 1.54) is 21.2 Å². The van der Waals surface area contributed by atoms with Crippen LogP contribution in [0.25, 0.3) is 0 Å². The lowest BCUT2D eigenvalue weighted by Crippen LogP contribution is -2.70. The Bertz CT molecular complexity index is 1680. The number of nitrogens with zero attached hydrogens (tertiary/aromatic N) is 4. The Kier molecular flexibility index (Phi) is 19.5. The van der Waals surface area contributed by atoms with Crippen LogP contribution in [0.1, 0.15) is 100 Å². The van der Waals surface area contributed by atoms with Gasteiger partial charge in [0.2, 0.25) is 23.5 Å². The van der Waals surface area contributed by atoms with Crippen LogP contribution in [0.5, 0.6) is 0 Å². The molecule has 0 saturated carbocycles. The minimum Gasteiger partial charge on any atom is -0.458 e. The highest BCUT2D eigenvalue weighted by Gasteiger charge is 2.58. The first-order chi connectivity index (χ1) is 29.4. The molecule has 20 nitrogen and oxygen atoms in total. The molecule has 3 fully saturated rings. The molecule has 0 bridgehead atoms. The van der Waals surface area contributed by atoms with Crippen LogP contribution in [-0.2, 0) is 47.8 Å². The van der Waals surface area contributed by atoms with E-state index < -0.39 is 115 Å². The average Bonchev–Trinajstić information content (AvgIpc) is 3.22. The zero-order valence-electron chi connectivity index (χ0n) is 39.0. The molecular weight excluding hydrogens is 823 g/mol. The molecule has 6 N–H and O–H groups in total. The molecule has 20 heteroatoms. The number of aliphatic hydroxyl groups is 2. The minimum atomic E-state index is -2.76. The van der Waals surface area contributed by atoms with E-state index in [0.29, 0.717) is 18.3 Å². The number of hydrogen-bond acceptors (Lipinski definition) is 14. The van der Waals surface area contributed by atoms with Gasteiger partial charge in [0.1, 0.15) is 37.4 Å². The monoisotopic (exact) mass is 896 g/mol. The van der Waals surface area contributed by atoms with E-state index in [0.717, 1.165) is 46.6 Å². The Morgan fingerprint density at radius 1 is 0.984 bits per heavy atom. The molecule has 3 heterocycles. The zero-order valence-corrected chi connectivity index (χ0v) is 39.0. The molecule has 0 aromatic carbocycles. The minimum absolute atomic E-state index is 0.00357. The van der Waals surface area contributed by atoms with Gasteiger partial charge in [-0.2, -0.15) is 0 Å². The van der Waals surface area contributed by atoms with Gasteiger partial charge in [0, 0.05) is 34.2 Å². The lowest BCUT2D eigenvalue weighted by atomic mass is 9.83. The normalized spacial score (nSPS) is 29.4. The number of fused-ring (bicyclic) bond motifs is 1. The summed E-state index contributed by atoms with van der Waals surface area (Å²) in [5.74, 6) is -8.78. The molecule has 0 spiro atoms. The standard InChI is InChI=1S/C43H73N7O13/c1-12-26(4)18-27(5)19-28(6)20-29(7)38-31(61-11)15-16-43(59,63-38)42(8,58)41(57)46-36-37(25(2)3)62-35(54)24-48(10)33(52)21-44-32(51)22-47(9)34(53)23-49(60)39(55)30-14-13-17-45-50(30)40(36)56/h20,25-28,30-31,36-38,45,58-60H,12-19,21-24H2,1-11H3,(H,44,51)(H,46,57)/b29-20+/t26?,27?,28?,30-,31?,36?,37?,38?,42?,43?/m0/s1. The smallest absolute Gasteiger partial charge is 0.325 e. The summed E-state index contributed by atoms with van der Waals surface area (Å²) in [4.78, 5) is 96.7. The van der Waals surface area contributed by atoms with Crippen molar-refractivity contribution in [3.8, 4) is 0 Å². The number of nitrogens with one attached hydrogen (secondary N) is 3.